The van der Waals surface area contributed by atoms with Gasteiger partial charge in [-0.3, -0.25) is 4.79 Å². The number of carboxylic acid groups (broad SMARTS) is 1. The minimum absolute atomic E-state index is 0.169. The molecule has 3 N–H and O–H groups in total. The molecule has 20 heavy (non-hydrogen) atoms. The number of rotatable bonds is 6. The van der Waals surface area contributed by atoms with Gasteiger partial charge in [-0.1, -0.05) is 13.3 Å². The Labute approximate surface area is 120 Å². The van der Waals surface area contributed by atoms with Crippen molar-refractivity contribution in [2.45, 2.75) is 52.0 Å². The van der Waals surface area contributed by atoms with Crippen LogP contribution >= 0.6 is 0 Å². The highest BCUT2D eigenvalue weighted by atomic mass is 16.4. The zero-order chi connectivity index (χ0) is 14.7. The van der Waals surface area contributed by atoms with Crippen molar-refractivity contribution in [2.75, 3.05) is 6.54 Å². The lowest BCUT2D eigenvalue weighted by atomic mass is 9.84. The molecule has 2 saturated carbocycles. The number of hydrogen-bond donors (Lipinski definition) is 3. The van der Waals surface area contributed by atoms with Crippen LogP contribution in [0.3, 0.4) is 0 Å². The van der Waals surface area contributed by atoms with E-state index in [-0.39, 0.29) is 12.1 Å². The number of carbonyl (C=O) groups excluding carboxylic acids is 1. The van der Waals surface area contributed by atoms with Crippen molar-refractivity contribution in [3.8, 4) is 0 Å². The fraction of sp³-hybridized carbons (Fsp3) is 0.867. The highest BCUT2D eigenvalue weighted by molar-refractivity contribution is 5.74. The standard InChI is InChI=1S/C15H26N2O3/c1-9(14(18)19)5-6-16-15(20)17-10(2)13-8-11-3-4-12(13)7-11/h9-13H,3-8H2,1-2H3,(H,18,19)(H2,16,17,20). The first-order chi connectivity index (χ1) is 9.47. The van der Waals surface area contributed by atoms with E-state index < -0.39 is 11.9 Å². The zero-order valence-corrected chi connectivity index (χ0v) is 12.4. The molecule has 2 fully saturated rings. The van der Waals surface area contributed by atoms with Gasteiger partial charge in [-0.2, -0.15) is 0 Å². The van der Waals surface area contributed by atoms with Crippen LogP contribution in [0, 0.1) is 23.7 Å². The summed E-state index contributed by atoms with van der Waals surface area (Å²) >= 11 is 0. The molecule has 0 radical (unpaired) electrons. The molecule has 114 valence electrons. The average molecular weight is 282 g/mol. The summed E-state index contributed by atoms with van der Waals surface area (Å²) < 4.78 is 0. The summed E-state index contributed by atoms with van der Waals surface area (Å²) in [6.07, 6.45) is 5.74. The summed E-state index contributed by atoms with van der Waals surface area (Å²) in [5, 5.41) is 14.5. The molecule has 5 heteroatoms. The number of urea groups is 1. The second kappa shape index (κ2) is 6.46. The number of hydrogen-bond acceptors (Lipinski definition) is 2. The molecular weight excluding hydrogens is 256 g/mol. The summed E-state index contributed by atoms with van der Waals surface area (Å²) in [6, 6.07) is 0.0417. The summed E-state index contributed by atoms with van der Waals surface area (Å²) in [7, 11) is 0. The van der Waals surface area contributed by atoms with E-state index in [0.717, 1.165) is 11.8 Å². The zero-order valence-electron chi connectivity index (χ0n) is 12.4. The van der Waals surface area contributed by atoms with Crippen molar-refractivity contribution in [2.24, 2.45) is 23.7 Å². The Morgan fingerprint density at radius 2 is 2.00 bits per heavy atom. The maximum Gasteiger partial charge on any atom is 0.315 e. The second-order valence-electron chi connectivity index (χ2n) is 6.56. The van der Waals surface area contributed by atoms with Crippen LogP contribution in [0.25, 0.3) is 0 Å². The van der Waals surface area contributed by atoms with E-state index in [1.807, 2.05) is 0 Å². The van der Waals surface area contributed by atoms with Gasteiger partial charge in [-0.05, 0) is 50.4 Å². The first-order valence-corrected chi connectivity index (χ1v) is 7.74. The number of carbonyl (C=O) groups is 2. The van der Waals surface area contributed by atoms with Crippen LogP contribution in [0.5, 0.6) is 0 Å². The number of amides is 2. The molecule has 0 aromatic heterocycles. The fourth-order valence-corrected chi connectivity index (χ4v) is 3.80. The van der Waals surface area contributed by atoms with Crippen LogP contribution in [0.2, 0.25) is 0 Å². The van der Waals surface area contributed by atoms with E-state index in [9.17, 15) is 9.59 Å². The molecule has 5 nitrogen and oxygen atoms in total. The van der Waals surface area contributed by atoms with Crippen LogP contribution in [-0.4, -0.2) is 29.7 Å². The van der Waals surface area contributed by atoms with Gasteiger partial charge in [0.2, 0.25) is 0 Å². The average Bonchev–Trinajstić information content (AvgIpc) is 3.00. The smallest absolute Gasteiger partial charge is 0.315 e. The Morgan fingerprint density at radius 3 is 2.55 bits per heavy atom. The molecule has 2 rings (SSSR count). The highest BCUT2D eigenvalue weighted by Crippen LogP contribution is 2.49. The van der Waals surface area contributed by atoms with Gasteiger partial charge in [-0.25, -0.2) is 4.79 Å². The van der Waals surface area contributed by atoms with E-state index >= 15 is 0 Å². The number of nitrogens with one attached hydrogen (secondary N) is 2. The molecule has 0 spiro atoms. The summed E-state index contributed by atoms with van der Waals surface area (Å²) in [5.74, 6) is 1.06. The van der Waals surface area contributed by atoms with Gasteiger partial charge in [0.25, 0.3) is 0 Å². The predicted octanol–water partition coefficient (Wildman–Crippen LogP) is 2.22. The lowest BCUT2D eigenvalue weighted by Gasteiger charge is -2.28. The molecule has 0 saturated heterocycles. The molecule has 0 aliphatic heterocycles. The molecular formula is C15H26N2O3. The molecule has 2 amide bonds. The van der Waals surface area contributed by atoms with Crippen molar-refractivity contribution in [3.05, 3.63) is 0 Å². The van der Waals surface area contributed by atoms with Crippen molar-refractivity contribution in [3.63, 3.8) is 0 Å². The Bertz CT molecular complexity index is 372. The molecule has 2 aliphatic carbocycles. The van der Waals surface area contributed by atoms with Crippen molar-refractivity contribution < 1.29 is 14.7 Å². The lowest BCUT2D eigenvalue weighted by molar-refractivity contribution is -0.141. The van der Waals surface area contributed by atoms with Gasteiger partial charge in [-0.15, -0.1) is 0 Å². The monoisotopic (exact) mass is 282 g/mol. The van der Waals surface area contributed by atoms with Crippen LogP contribution < -0.4 is 10.6 Å². The molecule has 5 unspecified atom stereocenters. The SMILES string of the molecule is CC(CCNC(=O)NC(C)C1CC2CCC1C2)C(=O)O. The van der Waals surface area contributed by atoms with E-state index in [1.54, 1.807) is 6.92 Å². The Morgan fingerprint density at radius 1 is 1.25 bits per heavy atom. The van der Waals surface area contributed by atoms with Crippen LogP contribution in [0.4, 0.5) is 4.79 Å². The lowest BCUT2D eigenvalue weighted by Crippen LogP contribution is -2.45. The van der Waals surface area contributed by atoms with E-state index in [2.05, 4.69) is 17.6 Å². The quantitative estimate of drug-likeness (QED) is 0.699. The number of carboxylic acids is 1. The van der Waals surface area contributed by atoms with E-state index in [4.69, 9.17) is 5.11 Å². The number of aliphatic carboxylic acids is 1. The molecule has 0 aromatic rings. The molecule has 0 heterocycles. The van der Waals surface area contributed by atoms with Gasteiger partial charge in [0, 0.05) is 12.6 Å². The maximum absolute atomic E-state index is 11.8. The first-order valence-electron chi connectivity index (χ1n) is 7.74. The van der Waals surface area contributed by atoms with Crippen LogP contribution in [0.15, 0.2) is 0 Å². The third-order valence-electron chi connectivity index (χ3n) is 5.08. The number of fused-ring (bicyclic) bond motifs is 2. The third kappa shape index (κ3) is 3.64. The van der Waals surface area contributed by atoms with E-state index in [1.165, 1.54) is 25.7 Å². The first kappa shape index (κ1) is 15.1. The minimum Gasteiger partial charge on any atom is -0.481 e. The van der Waals surface area contributed by atoms with Gasteiger partial charge in [0.1, 0.15) is 0 Å². The molecule has 2 bridgehead atoms. The Hall–Kier alpha value is -1.26. The fourth-order valence-electron chi connectivity index (χ4n) is 3.80. The van der Waals surface area contributed by atoms with Crippen LogP contribution in [-0.2, 0) is 4.79 Å². The van der Waals surface area contributed by atoms with Gasteiger partial charge >= 0.3 is 12.0 Å². The van der Waals surface area contributed by atoms with Gasteiger partial charge < -0.3 is 15.7 Å². The highest BCUT2D eigenvalue weighted by Gasteiger charge is 2.42. The Kier molecular flexibility index (Phi) is 4.89. The topological polar surface area (TPSA) is 78.4 Å². The third-order valence-corrected chi connectivity index (χ3v) is 5.08. The normalized spacial score (nSPS) is 30.8. The van der Waals surface area contributed by atoms with Crippen molar-refractivity contribution in [1.29, 1.82) is 0 Å². The maximum atomic E-state index is 11.8. The predicted molar refractivity (Wildman–Crippen MR) is 76.4 cm³/mol. The van der Waals surface area contributed by atoms with E-state index in [0.29, 0.717) is 18.9 Å². The minimum atomic E-state index is -0.817. The van der Waals surface area contributed by atoms with Crippen LogP contribution in [0.1, 0.15) is 46.0 Å². The molecule has 5 atom stereocenters. The molecule has 2 aliphatic rings. The van der Waals surface area contributed by atoms with Crippen molar-refractivity contribution >= 4 is 12.0 Å². The van der Waals surface area contributed by atoms with Gasteiger partial charge in [0.15, 0.2) is 0 Å². The Balaban J connectivity index is 1.65. The summed E-state index contributed by atoms with van der Waals surface area (Å²) in [6.45, 7) is 4.15. The summed E-state index contributed by atoms with van der Waals surface area (Å²) in [4.78, 5) is 22.5. The molecule has 0 aromatic carbocycles. The van der Waals surface area contributed by atoms with Crippen molar-refractivity contribution in [1.82, 2.24) is 10.6 Å². The van der Waals surface area contributed by atoms with Gasteiger partial charge in [0.05, 0.1) is 5.92 Å². The largest absolute Gasteiger partial charge is 0.481 e. The second-order valence-corrected chi connectivity index (χ2v) is 6.56. The summed E-state index contributed by atoms with van der Waals surface area (Å²) in [5.41, 5.74) is 0.